The van der Waals surface area contributed by atoms with E-state index in [2.05, 4.69) is 15.0 Å². The van der Waals surface area contributed by atoms with Crippen LogP contribution in [-0.4, -0.2) is 31.6 Å². The number of hydrogen-bond donors (Lipinski definition) is 2. The smallest absolute Gasteiger partial charge is 0.263 e. The fourth-order valence-electron chi connectivity index (χ4n) is 2.64. The molecule has 0 bridgehead atoms. The molecule has 1 amide bonds. The highest BCUT2D eigenvalue weighted by Crippen LogP contribution is 2.21. The van der Waals surface area contributed by atoms with Crippen molar-refractivity contribution in [3.8, 4) is 5.75 Å². The van der Waals surface area contributed by atoms with Crippen LogP contribution in [0.4, 0.5) is 0 Å². The van der Waals surface area contributed by atoms with Crippen molar-refractivity contribution in [1.29, 1.82) is 0 Å². The molecule has 0 aliphatic heterocycles. The van der Waals surface area contributed by atoms with Gasteiger partial charge in [0.15, 0.2) is 0 Å². The lowest BCUT2D eigenvalue weighted by Gasteiger charge is -2.08. The number of sulfonamides is 1. The second-order valence-electron chi connectivity index (χ2n) is 6.65. The van der Waals surface area contributed by atoms with Gasteiger partial charge in [0.1, 0.15) is 22.2 Å². The predicted molar refractivity (Wildman–Crippen MR) is 122 cm³/mol. The number of carbonyl (C=O) groups is 1. The lowest BCUT2D eigenvalue weighted by Crippen LogP contribution is -2.34. The van der Waals surface area contributed by atoms with Gasteiger partial charge in [-0.3, -0.25) is 4.79 Å². The van der Waals surface area contributed by atoms with E-state index in [0.29, 0.717) is 26.4 Å². The quantitative estimate of drug-likeness (QED) is 0.463. The Morgan fingerprint density at radius 1 is 1.13 bits per heavy atom. The van der Waals surface area contributed by atoms with Gasteiger partial charge in [-0.1, -0.05) is 41.9 Å². The highest BCUT2D eigenvalue weighted by Gasteiger charge is 2.17. The van der Waals surface area contributed by atoms with Crippen molar-refractivity contribution in [2.45, 2.75) is 20.1 Å². The number of halogens is 1. The van der Waals surface area contributed by atoms with Crippen molar-refractivity contribution in [3.05, 3.63) is 80.8 Å². The van der Waals surface area contributed by atoms with Crippen LogP contribution in [0.3, 0.4) is 0 Å². The average molecular weight is 480 g/mol. The summed E-state index contributed by atoms with van der Waals surface area (Å²) < 4.78 is 32.5. The normalized spacial score (nSPS) is 11.3. The Morgan fingerprint density at radius 2 is 1.84 bits per heavy atom. The number of aryl methyl sites for hydroxylation is 1. The van der Waals surface area contributed by atoms with Crippen molar-refractivity contribution in [1.82, 2.24) is 15.0 Å². The summed E-state index contributed by atoms with van der Waals surface area (Å²) in [4.78, 5) is 17.2. The van der Waals surface area contributed by atoms with E-state index in [-0.39, 0.29) is 31.4 Å². The Morgan fingerprint density at radius 3 is 2.55 bits per heavy atom. The number of rotatable bonds is 10. The molecule has 0 fully saturated rings. The molecule has 164 valence electrons. The van der Waals surface area contributed by atoms with Crippen LogP contribution < -0.4 is 14.8 Å². The summed E-state index contributed by atoms with van der Waals surface area (Å²) in [5.74, 6) is 0.0816. The lowest BCUT2D eigenvalue weighted by atomic mass is 10.2. The van der Waals surface area contributed by atoms with Gasteiger partial charge >= 0.3 is 0 Å². The van der Waals surface area contributed by atoms with Gasteiger partial charge in [0.2, 0.25) is 10.0 Å². The van der Waals surface area contributed by atoms with Crippen molar-refractivity contribution in [3.63, 3.8) is 0 Å². The Hall–Kier alpha value is -2.46. The minimum absolute atomic E-state index is 0.00307. The van der Waals surface area contributed by atoms with E-state index in [1.54, 1.807) is 31.2 Å². The summed E-state index contributed by atoms with van der Waals surface area (Å²) in [6.07, 6.45) is 0. The molecular formula is C21H22ClN3O4S2. The largest absolute Gasteiger partial charge is 0.486 e. The van der Waals surface area contributed by atoms with E-state index in [4.69, 9.17) is 16.3 Å². The third-order valence-electron chi connectivity index (χ3n) is 4.22. The average Bonchev–Trinajstić information content (AvgIpc) is 3.13. The van der Waals surface area contributed by atoms with Gasteiger partial charge in [0.05, 0.1) is 11.4 Å². The Labute approximate surface area is 190 Å². The molecule has 0 atom stereocenters. The fourth-order valence-corrected chi connectivity index (χ4v) is 4.56. The Kier molecular flexibility index (Phi) is 8.03. The Balaban J connectivity index is 1.47. The van der Waals surface area contributed by atoms with Crippen molar-refractivity contribution >= 4 is 38.9 Å². The van der Waals surface area contributed by atoms with Crippen molar-refractivity contribution in [2.24, 2.45) is 0 Å². The van der Waals surface area contributed by atoms with E-state index in [0.717, 1.165) is 5.56 Å². The summed E-state index contributed by atoms with van der Waals surface area (Å²) in [5, 5.41) is 3.91. The van der Waals surface area contributed by atoms with Crippen LogP contribution >= 0.6 is 22.9 Å². The maximum Gasteiger partial charge on any atom is 0.263 e. The second-order valence-corrected chi connectivity index (χ2v) is 10.1. The molecule has 0 saturated carbocycles. The predicted octanol–water partition coefficient (Wildman–Crippen LogP) is 3.53. The van der Waals surface area contributed by atoms with Crippen molar-refractivity contribution < 1.29 is 17.9 Å². The lowest BCUT2D eigenvalue weighted by molar-refractivity contribution is 0.0959. The molecule has 10 heteroatoms. The first-order valence-corrected chi connectivity index (χ1v) is 12.3. The second kappa shape index (κ2) is 10.7. The topological polar surface area (TPSA) is 97.4 Å². The first-order valence-electron chi connectivity index (χ1n) is 9.46. The zero-order chi connectivity index (χ0) is 22.3. The van der Waals surface area contributed by atoms with Crippen LogP contribution in [0.2, 0.25) is 5.02 Å². The number of hydrogen-bond acceptors (Lipinski definition) is 6. The summed E-state index contributed by atoms with van der Waals surface area (Å²) in [5.41, 5.74) is 1.44. The molecule has 0 aliphatic carbocycles. The number of thiazole rings is 1. The third-order valence-corrected chi connectivity index (χ3v) is 6.93. The van der Waals surface area contributed by atoms with Gasteiger partial charge < -0.3 is 10.1 Å². The number of carbonyl (C=O) groups excluding carboxylic acids is 1. The van der Waals surface area contributed by atoms with Gasteiger partial charge in [0.25, 0.3) is 5.91 Å². The van der Waals surface area contributed by atoms with Crippen molar-refractivity contribution in [2.75, 3.05) is 12.3 Å². The number of ether oxygens (including phenoxy) is 1. The van der Waals surface area contributed by atoms with E-state index >= 15 is 0 Å². The molecule has 1 heterocycles. The maximum atomic E-state index is 12.4. The minimum Gasteiger partial charge on any atom is -0.486 e. The summed E-state index contributed by atoms with van der Waals surface area (Å²) >= 11 is 7.07. The van der Waals surface area contributed by atoms with Gasteiger partial charge in [-0.05, 0) is 36.8 Å². The third kappa shape index (κ3) is 7.32. The van der Waals surface area contributed by atoms with Crippen LogP contribution in [0.1, 0.15) is 25.9 Å². The molecule has 0 spiro atoms. The van der Waals surface area contributed by atoms with Gasteiger partial charge in [-0.2, -0.15) is 0 Å². The highest BCUT2D eigenvalue weighted by atomic mass is 35.5. The monoisotopic (exact) mass is 479 g/mol. The van der Waals surface area contributed by atoms with Gasteiger partial charge in [-0.15, -0.1) is 11.3 Å². The number of nitrogens with one attached hydrogen (secondary N) is 2. The van der Waals surface area contributed by atoms with Gasteiger partial charge in [-0.25, -0.2) is 18.1 Å². The fraction of sp³-hybridized carbons (Fsp3) is 0.238. The molecule has 0 aliphatic rings. The first-order chi connectivity index (χ1) is 14.8. The highest BCUT2D eigenvalue weighted by molar-refractivity contribution is 7.89. The van der Waals surface area contributed by atoms with E-state index in [9.17, 15) is 13.2 Å². The van der Waals surface area contributed by atoms with Crippen LogP contribution in [0.25, 0.3) is 0 Å². The molecule has 3 aromatic rings. The molecular weight excluding hydrogens is 458 g/mol. The number of benzene rings is 2. The molecule has 0 saturated heterocycles. The molecule has 1 aromatic heterocycles. The standard InChI is InChI=1S/C21H22ClN3O4S2/c1-15-20(30-19(25-15)14-29-18-9-7-17(22)8-10-18)21(26)23-11-12-31(27,28)24-13-16-5-3-2-4-6-16/h2-10,24H,11-14H2,1H3,(H,23,26). The van der Waals surface area contributed by atoms with Crippen LogP contribution in [0, 0.1) is 6.92 Å². The summed E-state index contributed by atoms with van der Waals surface area (Å²) in [6, 6.07) is 16.2. The molecule has 2 aromatic carbocycles. The molecule has 3 rings (SSSR count). The molecule has 0 unspecified atom stereocenters. The molecule has 7 nitrogen and oxygen atoms in total. The maximum absolute atomic E-state index is 12.4. The number of amides is 1. The van der Waals surface area contributed by atoms with E-state index < -0.39 is 10.0 Å². The number of nitrogens with zero attached hydrogens (tertiary/aromatic N) is 1. The Bertz CT molecular complexity index is 1120. The molecule has 0 radical (unpaired) electrons. The SMILES string of the molecule is Cc1nc(COc2ccc(Cl)cc2)sc1C(=O)NCCS(=O)(=O)NCc1ccccc1. The minimum atomic E-state index is -3.51. The van der Waals surface area contributed by atoms with Crippen LogP contribution in [-0.2, 0) is 23.2 Å². The summed E-state index contributed by atoms with van der Waals surface area (Å²) in [6.45, 7) is 2.16. The zero-order valence-corrected chi connectivity index (χ0v) is 19.2. The van der Waals surface area contributed by atoms with Gasteiger partial charge in [0, 0.05) is 18.1 Å². The molecule has 31 heavy (non-hydrogen) atoms. The van der Waals surface area contributed by atoms with E-state index in [1.807, 2.05) is 30.3 Å². The first kappa shape index (κ1) is 23.2. The summed E-state index contributed by atoms with van der Waals surface area (Å²) in [7, 11) is -3.51. The van der Waals surface area contributed by atoms with Crippen LogP contribution in [0.15, 0.2) is 54.6 Å². The van der Waals surface area contributed by atoms with Crippen LogP contribution in [0.5, 0.6) is 5.75 Å². The molecule has 2 N–H and O–H groups in total. The number of aromatic nitrogens is 1. The zero-order valence-electron chi connectivity index (χ0n) is 16.8. The van der Waals surface area contributed by atoms with E-state index in [1.165, 1.54) is 11.3 Å².